The molecule has 8 heteroatoms. The zero-order chi connectivity index (χ0) is 18.5. The molecule has 0 saturated carbocycles. The lowest BCUT2D eigenvalue weighted by Crippen LogP contribution is -2.49. The Morgan fingerprint density at radius 2 is 2.00 bits per heavy atom. The number of anilines is 3. The van der Waals surface area contributed by atoms with E-state index < -0.39 is 0 Å². The lowest BCUT2D eigenvalue weighted by Gasteiger charge is -2.34. The van der Waals surface area contributed by atoms with Gasteiger partial charge in [-0.1, -0.05) is 17.7 Å². The summed E-state index contributed by atoms with van der Waals surface area (Å²) in [7, 11) is 0. The van der Waals surface area contributed by atoms with Gasteiger partial charge in [-0.2, -0.15) is 0 Å². The van der Waals surface area contributed by atoms with Gasteiger partial charge in [0.25, 0.3) is 0 Å². The Labute approximate surface area is 157 Å². The lowest BCUT2D eigenvalue weighted by molar-refractivity contribution is 0.105. The van der Waals surface area contributed by atoms with Gasteiger partial charge in [0.1, 0.15) is 17.5 Å². The molecule has 1 aliphatic rings. The van der Waals surface area contributed by atoms with Crippen LogP contribution < -0.4 is 10.2 Å². The van der Waals surface area contributed by atoms with Crippen molar-refractivity contribution in [3.05, 3.63) is 41.2 Å². The number of aromatic nitrogens is 2. The topological polar surface area (TPSA) is 70.6 Å². The van der Waals surface area contributed by atoms with Gasteiger partial charge in [0.15, 0.2) is 0 Å². The Kier molecular flexibility index (Phi) is 5.78. The summed E-state index contributed by atoms with van der Waals surface area (Å²) < 4.78 is 5.06. The van der Waals surface area contributed by atoms with Gasteiger partial charge in [0, 0.05) is 43.0 Å². The van der Waals surface area contributed by atoms with Crippen molar-refractivity contribution in [2.45, 2.75) is 13.8 Å². The fourth-order valence-corrected chi connectivity index (χ4v) is 3.02. The monoisotopic (exact) mass is 375 g/mol. The summed E-state index contributed by atoms with van der Waals surface area (Å²) in [5.74, 6) is 2.23. The van der Waals surface area contributed by atoms with Crippen molar-refractivity contribution in [3.8, 4) is 0 Å². The molecule has 0 bridgehead atoms. The maximum Gasteiger partial charge on any atom is 0.409 e. The smallest absolute Gasteiger partial charge is 0.409 e. The van der Waals surface area contributed by atoms with Crippen LogP contribution in [0.4, 0.5) is 22.1 Å². The summed E-state index contributed by atoms with van der Waals surface area (Å²) in [6, 6.07) is 9.40. The van der Waals surface area contributed by atoms with Crippen LogP contribution in [0.25, 0.3) is 0 Å². The van der Waals surface area contributed by atoms with E-state index in [2.05, 4.69) is 20.2 Å². The number of nitrogens with one attached hydrogen (secondary N) is 1. The van der Waals surface area contributed by atoms with Gasteiger partial charge >= 0.3 is 6.09 Å². The molecule has 1 aromatic heterocycles. The molecule has 0 aliphatic carbocycles. The number of aryl methyl sites for hydroxylation is 1. The molecule has 1 aromatic carbocycles. The van der Waals surface area contributed by atoms with Gasteiger partial charge in [0.2, 0.25) is 0 Å². The van der Waals surface area contributed by atoms with Gasteiger partial charge in [-0.05, 0) is 32.0 Å². The lowest BCUT2D eigenvalue weighted by atomic mass is 10.3. The third-order valence-electron chi connectivity index (χ3n) is 4.05. The van der Waals surface area contributed by atoms with Crippen LogP contribution in [-0.2, 0) is 4.74 Å². The number of carbonyl (C=O) groups excluding carboxylic acids is 1. The first kappa shape index (κ1) is 18.3. The van der Waals surface area contributed by atoms with Crippen molar-refractivity contribution < 1.29 is 9.53 Å². The van der Waals surface area contributed by atoms with E-state index in [1.165, 1.54) is 0 Å². The van der Waals surface area contributed by atoms with Crippen molar-refractivity contribution in [2.75, 3.05) is 43.0 Å². The third-order valence-corrected chi connectivity index (χ3v) is 4.29. The fraction of sp³-hybridized carbons (Fsp3) is 0.389. The number of hydrogen-bond acceptors (Lipinski definition) is 6. The minimum atomic E-state index is -0.255. The molecule has 1 amide bonds. The van der Waals surface area contributed by atoms with Gasteiger partial charge in [0.05, 0.1) is 6.61 Å². The zero-order valence-electron chi connectivity index (χ0n) is 14.9. The molecule has 0 spiro atoms. The maximum atomic E-state index is 11.8. The number of carbonyl (C=O) groups is 1. The highest BCUT2D eigenvalue weighted by Crippen LogP contribution is 2.22. The van der Waals surface area contributed by atoms with E-state index in [9.17, 15) is 4.79 Å². The Bertz CT molecular complexity index is 778. The molecule has 1 saturated heterocycles. The van der Waals surface area contributed by atoms with Crippen molar-refractivity contribution in [1.82, 2.24) is 14.9 Å². The summed E-state index contributed by atoms with van der Waals surface area (Å²) in [6.45, 7) is 6.69. The summed E-state index contributed by atoms with van der Waals surface area (Å²) in [5, 5.41) is 3.93. The Hall–Kier alpha value is -2.54. The van der Waals surface area contributed by atoms with Crippen molar-refractivity contribution in [1.29, 1.82) is 0 Å². The quantitative estimate of drug-likeness (QED) is 0.882. The largest absolute Gasteiger partial charge is 0.450 e. The van der Waals surface area contributed by atoms with Gasteiger partial charge in [-0.25, -0.2) is 14.8 Å². The predicted molar refractivity (Wildman–Crippen MR) is 102 cm³/mol. The molecule has 1 fully saturated rings. The number of piperazine rings is 1. The van der Waals surface area contributed by atoms with Crippen molar-refractivity contribution >= 4 is 35.0 Å². The Morgan fingerprint density at radius 1 is 1.23 bits per heavy atom. The Balaban J connectivity index is 1.69. The molecule has 1 N–H and O–H groups in total. The maximum absolute atomic E-state index is 11.8. The average Bonchev–Trinajstić information content (AvgIpc) is 2.61. The third kappa shape index (κ3) is 4.54. The predicted octanol–water partition coefficient (Wildman–Crippen LogP) is 3.46. The first-order valence-electron chi connectivity index (χ1n) is 8.60. The van der Waals surface area contributed by atoms with Crippen molar-refractivity contribution in [2.24, 2.45) is 0 Å². The van der Waals surface area contributed by atoms with Crippen molar-refractivity contribution in [3.63, 3.8) is 0 Å². The van der Waals surface area contributed by atoms with Crippen LogP contribution in [0.2, 0.25) is 5.02 Å². The number of halogens is 1. The van der Waals surface area contributed by atoms with Gasteiger partial charge in [-0.3, -0.25) is 0 Å². The number of ether oxygens (including phenoxy) is 1. The zero-order valence-corrected chi connectivity index (χ0v) is 15.7. The van der Waals surface area contributed by atoms with Crippen LogP contribution in [0.3, 0.4) is 0 Å². The standard InChI is InChI=1S/C18H22ClN5O2/c1-3-26-18(25)24-9-7-23(8-10-24)17-12-16(20-13(2)21-17)22-15-6-4-5-14(19)11-15/h4-6,11-12H,3,7-10H2,1-2H3,(H,20,21,22). The second-order valence-electron chi connectivity index (χ2n) is 5.97. The highest BCUT2D eigenvalue weighted by atomic mass is 35.5. The van der Waals surface area contributed by atoms with E-state index in [1.54, 1.807) is 4.90 Å². The van der Waals surface area contributed by atoms with Crippen LogP contribution in [0, 0.1) is 6.92 Å². The molecule has 138 valence electrons. The number of amides is 1. The number of rotatable bonds is 4. The van der Waals surface area contributed by atoms with E-state index in [-0.39, 0.29) is 6.09 Å². The average molecular weight is 376 g/mol. The molecule has 2 aromatic rings. The molecule has 26 heavy (non-hydrogen) atoms. The first-order valence-corrected chi connectivity index (χ1v) is 8.98. The molecule has 0 unspecified atom stereocenters. The van der Waals surface area contributed by atoms with Crippen LogP contribution >= 0.6 is 11.6 Å². The molecule has 7 nitrogen and oxygen atoms in total. The summed E-state index contributed by atoms with van der Waals surface area (Å²) in [5.41, 5.74) is 0.869. The molecular formula is C18H22ClN5O2. The van der Waals surface area contributed by atoms with Crippen LogP contribution in [-0.4, -0.2) is 53.7 Å². The first-order chi connectivity index (χ1) is 12.5. The Morgan fingerprint density at radius 3 is 2.69 bits per heavy atom. The van der Waals surface area contributed by atoms with E-state index in [1.807, 2.05) is 44.2 Å². The van der Waals surface area contributed by atoms with Crippen LogP contribution in [0.5, 0.6) is 0 Å². The molecule has 0 radical (unpaired) electrons. The van der Waals surface area contributed by atoms with E-state index in [0.717, 1.165) is 11.5 Å². The van der Waals surface area contributed by atoms with E-state index in [4.69, 9.17) is 16.3 Å². The minimum Gasteiger partial charge on any atom is -0.450 e. The fourth-order valence-electron chi connectivity index (χ4n) is 2.82. The molecular weight excluding hydrogens is 354 g/mol. The normalized spacial score (nSPS) is 14.3. The highest BCUT2D eigenvalue weighted by molar-refractivity contribution is 6.30. The second kappa shape index (κ2) is 8.23. The number of hydrogen-bond donors (Lipinski definition) is 1. The minimum absolute atomic E-state index is 0.255. The molecule has 3 rings (SSSR count). The SMILES string of the molecule is CCOC(=O)N1CCN(c2cc(Nc3cccc(Cl)c3)nc(C)n2)CC1. The molecule has 0 atom stereocenters. The number of benzene rings is 1. The second-order valence-corrected chi connectivity index (χ2v) is 6.40. The highest BCUT2D eigenvalue weighted by Gasteiger charge is 2.23. The molecule has 1 aliphatic heterocycles. The number of nitrogens with zero attached hydrogens (tertiary/aromatic N) is 4. The van der Waals surface area contributed by atoms with E-state index >= 15 is 0 Å². The van der Waals surface area contributed by atoms with E-state index in [0.29, 0.717) is 49.5 Å². The van der Waals surface area contributed by atoms with Gasteiger partial charge in [-0.15, -0.1) is 0 Å². The summed E-state index contributed by atoms with van der Waals surface area (Å²) in [4.78, 5) is 24.7. The molecule has 2 heterocycles. The summed E-state index contributed by atoms with van der Waals surface area (Å²) >= 11 is 6.03. The summed E-state index contributed by atoms with van der Waals surface area (Å²) in [6.07, 6.45) is -0.255. The van der Waals surface area contributed by atoms with Crippen LogP contribution in [0.1, 0.15) is 12.7 Å². The van der Waals surface area contributed by atoms with Gasteiger partial charge < -0.3 is 19.9 Å². The van der Waals surface area contributed by atoms with Crippen LogP contribution in [0.15, 0.2) is 30.3 Å².